The zero-order valence-corrected chi connectivity index (χ0v) is 16.7. The Kier molecular flexibility index (Phi) is 4.77. The van der Waals surface area contributed by atoms with Crippen molar-refractivity contribution in [2.45, 2.75) is 31.2 Å². The van der Waals surface area contributed by atoms with E-state index in [2.05, 4.69) is 5.32 Å². The Morgan fingerprint density at radius 2 is 1.71 bits per heavy atom. The maximum Gasteiger partial charge on any atom is 0.213 e. The zero-order chi connectivity index (χ0) is 22.7. The van der Waals surface area contributed by atoms with Gasteiger partial charge in [0.05, 0.1) is 29.5 Å². The number of hydrogen-bond acceptors (Lipinski definition) is 9. The minimum Gasteiger partial charge on any atom is -0.507 e. The lowest BCUT2D eigenvalue weighted by molar-refractivity contribution is -0.126. The van der Waals surface area contributed by atoms with Gasteiger partial charge in [0.25, 0.3) is 0 Å². The SMILES string of the molecule is COc1ccc(NC2=CC(=O)c3c(O)c4c(c(O)c3C2=O)CC(C)(O)C(O)C4O)cc1. The number of aliphatic hydroxyl groups is 3. The van der Waals surface area contributed by atoms with Crippen LogP contribution in [0.3, 0.4) is 0 Å². The molecule has 6 N–H and O–H groups in total. The van der Waals surface area contributed by atoms with Gasteiger partial charge in [0, 0.05) is 29.3 Å². The summed E-state index contributed by atoms with van der Waals surface area (Å²) in [7, 11) is 1.51. The second-order valence-electron chi connectivity index (χ2n) is 7.87. The molecule has 31 heavy (non-hydrogen) atoms. The highest BCUT2D eigenvalue weighted by Gasteiger charge is 2.47. The number of hydrogen-bond donors (Lipinski definition) is 6. The number of carbonyl (C=O) groups excluding carboxylic acids is 2. The van der Waals surface area contributed by atoms with Gasteiger partial charge in [0.15, 0.2) is 5.78 Å². The molecule has 3 atom stereocenters. The molecule has 2 aromatic carbocycles. The van der Waals surface area contributed by atoms with Crippen LogP contribution in [0.15, 0.2) is 36.0 Å². The number of allylic oxidation sites excluding steroid dienone is 2. The lowest BCUT2D eigenvalue weighted by atomic mass is 9.73. The summed E-state index contributed by atoms with van der Waals surface area (Å²) in [6.45, 7) is 1.25. The van der Waals surface area contributed by atoms with Gasteiger partial charge in [-0.25, -0.2) is 0 Å². The average Bonchev–Trinajstić information content (AvgIpc) is 2.72. The molecule has 0 spiro atoms. The van der Waals surface area contributed by atoms with Gasteiger partial charge in [0.2, 0.25) is 5.78 Å². The van der Waals surface area contributed by atoms with Crippen LogP contribution < -0.4 is 10.1 Å². The third-order valence-corrected chi connectivity index (χ3v) is 5.72. The largest absolute Gasteiger partial charge is 0.507 e. The molecule has 0 fully saturated rings. The van der Waals surface area contributed by atoms with Gasteiger partial charge in [-0.2, -0.15) is 0 Å². The van der Waals surface area contributed by atoms with Crippen LogP contribution in [0, 0.1) is 0 Å². The van der Waals surface area contributed by atoms with Gasteiger partial charge < -0.3 is 35.6 Å². The van der Waals surface area contributed by atoms with Crippen molar-refractivity contribution in [1.29, 1.82) is 0 Å². The van der Waals surface area contributed by atoms with Crippen molar-refractivity contribution in [1.82, 2.24) is 0 Å². The lowest BCUT2D eigenvalue weighted by Crippen LogP contribution is -2.48. The fourth-order valence-corrected chi connectivity index (χ4v) is 4.04. The van der Waals surface area contributed by atoms with Gasteiger partial charge in [-0.05, 0) is 31.2 Å². The van der Waals surface area contributed by atoms with Crippen LogP contribution in [0.4, 0.5) is 5.69 Å². The number of rotatable bonds is 3. The molecule has 0 aliphatic heterocycles. The number of ether oxygens (including phenoxy) is 1. The molecule has 9 nitrogen and oxygen atoms in total. The van der Waals surface area contributed by atoms with E-state index in [0.717, 1.165) is 6.08 Å². The molecule has 0 saturated carbocycles. The van der Waals surface area contributed by atoms with E-state index >= 15 is 0 Å². The highest BCUT2D eigenvalue weighted by molar-refractivity contribution is 6.27. The number of methoxy groups -OCH3 is 1. The van der Waals surface area contributed by atoms with Gasteiger partial charge in [-0.15, -0.1) is 0 Å². The molecule has 3 unspecified atom stereocenters. The van der Waals surface area contributed by atoms with Crippen LogP contribution >= 0.6 is 0 Å². The van der Waals surface area contributed by atoms with E-state index in [1.807, 2.05) is 0 Å². The predicted octanol–water partition coefficient (Wildman–Crippen LogP) is 1.18. The van der Waals surface area contributed by atoms with Crippen LogP contribution in [0.1, 0.15) is 44.9 Å². The maximum absolute atomic E-state index is 13.1. The van der Waals surface area contributed by atoms with Gasteiger partial charge in [0.1, 0.15) is 29.5 Å². The Hall–Kier alpha value is -3.40. The first-order valence-electron chi connectivity index (χ1n) is 9.47. The standard InChI is InChI=1S/C22H21NO8/c1-22(30)8-11-14(20(28)21(22)29)19(27)15-13(24)7-12(18(26)16(15)17(11)25)23-9-3-5-10(31-2)6-4-9/h3-7,20-21,23,25,27-30H,8H2,1-2H3. The monoisotopic (exact) mass is 427 g/mol. The highest BCUT2D eigenvalue weighted by Crippen LogP contribution is 2.49. The molecule has 162 valence electrons. The number of fused-ring (bicyclic) bond motifs is 2. The van der Waals surface area contributed by atoms with Crippen molar-refractivity contribution in [3.63, 3.8) is 0 Å². The third-order valence-electron chi connectivity index (χ3n) is 5.72. The summed E-state index contributed by atoms with van der Waals surface area (Å²) in [5, 5.41) is 55.3. The fraction of sp³-hybridized carbons (Fsp3) is 0.273. The van der Waals surface area contributed by atoms with Gasteiger partial charge in [-0.3, -0.25) is 9.59 Å². The lowest BCUT2D eigenvalue weighted by Gasteiger charge is -2.39. The second-order valence-corrected chi connectivity index (χ2v) is 7.87. The molecule has 0 bridgehead atoms. The van der Waals surface area contributed by atoms with Crippen LogP contribution in [0.2, 0.25) is 0 Å². The Balaban J connectivity index is 1.81. The molecular formula is C22H21NO8. The van der Waals surface area contributed by atoms with E-state index in [0.29, 0.717) is 11.4 Å². The van der Waals surface area contributed by atoms with E-state index in [1.54, 1.807) is 24.3 Å². The number of aromatic hydroxyl groups is 2. The Morgan fingerprint density at radius 1 is 1.06 bits per heavy atom. The summed E-state index contributed by atoms with van der Waals surface area (Å²) in [6, 6.07) is 6.57. The average molecular weight is 427 g/mol. The second kappa shape index (κ2) is 7.09. The molecule has 9 heteroatoms. The highest BCUT2D eigenvalue weighted by atomic mass is 16.5. The number of aliphatic hydroxyl groups excluding tert-OH is 2. The number of Topliss-reactive ketones (excluding diaryl/α,β-unsaturated/α-hetero) is 1. The Labute approximate surface area is 176 Å². The van der Waals surface area contributed by atoms with E-state index in [4.69, 9.17) is 4.74 Å². The Morgan fingerprint density at radius 3 is 2.32 bits per heavy atom. The number of benzene rings is 2. The van der Waals surface area contributed by atoms with E-state index < -0.39 is 52.0 Å². The molecular weight excluding hydrogens is 406 g/mol. The number of ketones is 2. The fourth-order valence-electron chi connectivity index (χ4n) is 4.04. The smallest absolute Gasteiger partial charge is 0.213 e. The normalized spacial score (nSPS) is 24.9. The zero-order valence-electron chi connectivity index (χ0n) is 16.7. The van der Waals surface area contributed by atoms with Gasteiger partial charge in [-0.1, -0.05) is 0 Å². The van der Waals surface area contributed by atoms with Crippen molar-refractivity contribution < 1.29 is 39.9 Å². The summed E-state index contributed by atoms with van der Waals surface area (Å²) in [5.41, 5.74) is -2.75. The molecule has 0 amide bonds. The van der Waals surface area contributed by atoms with Gasteiger partial charge >= 0.3 is 0 Å². The molecule has 0 heterocycles. The number of carbonyl (C=O) groups is 2. The summed E-state index contributed by atoms with van der Waals surface area (Å²) >= 11 is 0. The summed E-state index contributed by atoms with van der Waals surface area (Å²) < 4.78 is 5.08. The van der Waals surface area contributed by atoms with Crippen molar-refractivity contribution in [3.8, 4) is 17.2 Å². The van der Waals surface area contributed by atoms with Crippen molar-refractivity contribution in [3.05, 3.63) is 58.3 Å². The molecule has 2 aliphatic rings. The minimum atomic E-state index is -1.83. The molecule has 2 aliphatic carbocycles. The van der Waals surface area contributed by atoms with Crippen molar-refractivity contribution in [2.75, 3.05) is 12.4 Å². The number of nitrogens with one attached hydrogen (secondary N) is 1. The maximum atomic E-state index is 13.1. The van der Waals surface area contributed by atoms with Crippen LogP contribution in [-0.2, 0) is 6.42 Å². The van der Waals surface area contributed by atoms with Crippen LogP contribution in [-0.4, -0.2) is 55.9 Å². The van der Waals surface area contributed by atoms with Crippen LogP contribution in [0.25, 0.3) is 0 Å². The molecule has 0 saturated heterocycles. The summed E-state index contributed by atoms with van der Waals surface area (Å²) in [4.78, 5) is 25.9. The number of phenolic OH excluding ortho intramolecular Hbond substituents is 2. The molecule has 4 rings (SSSR count). The Bertz CT molecular complexity index is 1130. The summed E-state index contributed by atoms with van der Waals surface area (Å²) in [6.07, 6.45) is -2.79. The first-order chi connectivity index (χ1) is 14.6. The third kappa shape index (κ3) is 3.14. The van der Waals surface area contributed by atoms with Crippen molar-refractivity contribution >= 4 is 17.3 Å². The quantitative estimate of drug-likeness (QED) is 0.396. The molecule has 0 aromatic heterocycles. The summed E-state index contributed by atoms with van der Waals surface area (Å²) in [5.74, 6) is -2.25. The van der Waals surface area contributed by atoms with E-state index in [9.17, 15) is 35.1 Å². The first-order valence-corrected chi connectivity index (χ1v) is 9.47. The minimum absolute atomic E-state index is 0.106. The number of anilines is 1. The number of phenols is 2. The topological polar surface area (TPSA) is 157 Å². The van der Waals surface area contributed by atoms with E-state index in [-0.39, 0.29) is 23.2 Å². The molecule has 0 radical (unpaired) electrons. The molecule has 2 aromatic rings. The van der Waals surface area contributed by atoms with E-state index in [1.165, 1.54) is 14.0 Å². The van der Waals surface area contributed by atoms with Crippen molar-refractivity contribution in [2.24, 2.45) is 0 Å². The van der Waals surface area contributed by atoms with Crippen LogP contribution in [0.5, 0.6) is 17.2 Å². The predicted molar refractivity (Wildman–Crippen MR) is 108 cm³/mol. The first kappa shape index (κ1) is 20.9.